The fraction of sp³-hybridized carbons (Fsp3) is 0. The molecule has 0 spiro atoms. The number of nitrogens with one attached hydrogen (secondary N) is 1. The third kappa shape index (κ3) is 2.44. The Balaban J connectivity index is 2.98. The van der Waals surface area contributed by atoms with Crippen molar-refractivity contribution in [3.05, 3.63) is 26.2 Å². The maximum Gasteiger partial charge on any atom is 0.211 e. The van der Waals surface area contributed by atoms with Crippen LogP contribution in [0.1, 0.15) is 0 Å². The highest BCUT2D eigenvalue weighted by Gasteiger charge is 1.97. The van der Waals surface area contributed by atoms with E-state index in [0.717, 1.165) is 13.7 Å². The van der Waals surface area contributed by atoms with Crippen LogP contribution in [-0.4, -0.2) is 6.41 Å². The number of carbonyl (C=O) groups is 1. The van der Waals surface area contributed by atoms with Gasteiger partial charge in [0.15, 0.2) is 0 Å². The molecule has 0 aliphatic heterocycles. The molecule has 1 amide bonds. The normalized spacial score (nSPS) is 9.27. The molecule has 58 valence electrons. The number of carbonyl (C=O) groups excluding carboxylic acids is 1. The van der Waals surface area contributed by atoms with Crippen molar-refractivity contribution in [1.82, 2.24) is 0 Å². The minimum Gasteiger partial charge on any atom is -0.328 e. The van der Waals surface area contributed by atoms with Gasteiger partial charge in [0.25, 0.3) is 0 Å². The van der Waals surface area contributed by atoms with Crippen LogP contribution in [0.2, 0.25) is 0 Å². The summed E-state index contributed by atoms with van der Waals surface area (Å²) in [6, 6.07) is 5.67. The van der Waals surface area contributed by atoms with E-state index in [1.54, 1.807) is 0 Å². The van der Waals surface area contributed by atoms with Gasteiger partial charge in [-0.3, -0.25) is 4.79 Å². The predicted molar refractivity (Wildman–Crippen MR) is 56.5 cm³/mol. The van der Waals surface area contributed by atoms with Gasteiger partial charge in [-0.15, -0.1) is 0 Å². The molecule has 0 saturated heterocycles. The first kappa shape index (κ1) is 8.99. The molecule has 0 atom stereocenters. The van der Waals surface area contributed by atoms with E-state index in [4.69, 9.17) is 0 Å². The van der Waals surface area contributed by atoms with Crippen molar-refractivity contribution < 1.29 is 4.79 Å². The molecule has 0 unspecified atom stereocenters. The van der Waals surface area contributed by atoms with Crippen molar-refractivity contribution >= 4 is 50.6 Å². The highest BCUT2D eigenvalue weighted by molar-refractivity contribution is 14.1. The summed E-state index contributed by atoms with van der Waals surface area (Å²) in [5, 5.41) is 2.59. The monoisotopic (exact) mass is 325 g/mol. The minimum absolute atomic E-state index is 0.672. The molecule has 1 N–H and O–H groups in total. The SMILES string of the molecule is O=CNc1ccc(Br)cc1I. The summed E-state index contributed by atoms with van der Waals surface area (Å²) in [4.78, 5) is 10.1. The lowest BCUT2D eigenvalue weighted by Gasteiger charge is -2.01. The van der Waals surface area contributed by atoms with Gasteiger partial charge in [-0.1, -0.05) is 15.9 Å². The standard InChI is InChI=1S/C7H5BrINO/c8-5-1-2-7(10-4-11)6(9)3-5/h1-4H,(H,10,11). The third-order valence-corrected chi connectivity index (χ3v) is 2.53. The first-order valence-corrected chi connectivity index (χ1v) is 4.76. The van der Waals surface area contributed by atoms with Crippen LogP contribution in [0, 0.1) is 3.57 Å². The lowest BCUT2D eigenvalue weighted by Crippen LogP contribution is -1.95. The maximum absolute atomic E-state index is 10.1. The van der Waals surface area contributed by atoms with Crippen LogP contribution in [0.15, 0.2) is 22.7 Å². The number of amides is 1. The first-order chi connectivity index (χ1) is 5.24. The van der Waals surface area contributed by atoms with E-state index in [9.17, 15) is 4.79 Å². The minimum atomic E-state index is 0.672. The van der Waals surface area contributed by atoms with E-state index in [0.29, 0.717) is 6.41 Å². The Kier molecular flexibility index (Phi) is 3.32. The Morgan fingerprint density at radius 3 is 2.82 bits per heavy atom. The molecule has 2 nitrogen and oxygen atoms in total. The molecular weight excluding hydrogens is 321 g/mol. The van der Waals surface area contributed by atoms with Crippen LogP contribution in [0.25, 0.3) is 0 Å². The maximum atomic E-state index is 10.1. The lowest BCUT2D eigenvalue weighted by atomic mass is 10.3. The summed E-state index contributed by atoms with van der Waals surface area (Å²) < 4.78 is 2.03. The van der Waals surface area contributed by atoms with E-state index in [2.05, 4.69) is 43.8 Å². The van der Waals surface area contributed by atoms with E-state index in [1.807, 2.05) is 18.2 Å². The van der Waals surface area contributed by atoms with Crippen LogP contribution in [0.4, 0.5) is 5.69 Å². The number of hydrogen-bond donors (Lipinski definition) is 1. The summed E-state index contributed by atoms with van der Waals surface area (Å²) in [6.07, 6.45) is 0.672. The number of anilines is 1. The second-order valence-electron chi connectivity index (χ2n) is 1.89. The summed E-state index contributed by atoms with van der Waals surface area (Å²) in [5.74, 6) is 0. The Morgan fingerprint density at radius 1 is 1.55 bits per heavy atom. The topological polar surface area (TPSA) is 29.1 Å². The Hall–Kier alpha value is -0.100. The Labute approximate surface area is 86.6 Å². The van der Waals surface area contributed by atoms with E-state index >= 15 is 0 Å². The summed E-state index contributed by atoms with van der Waals surface area (Å²) in [6.45, 7) is 0. The lowest BCUT2D eigenvalue weighted by molar-refractivity contribution is -0.105. The molecule has 4 heteroatoms. The molecule has 1 aromatic rings. The second-order valence-corrected chi connectivity index (χ2v) is 3.96. The van der Waals surface area contributed by atoms with Crippen molar-refractivity contribution in [3.8, 4) is 0 Å². The molecule has 0 aliphatic rings. The number of benzene rings is 1. The van der Waals surface area contributed by atoms with Crippen LogP contribution in [0.3, 0.4) is 0 Å². The number of hydrogen-bond acceptors (Lipinski definition) is 1. The zero-order chi connectivity index (χ0) is 8.27. The molecule has 0 radical (unpaired) electrons. The van der Waals surface area contributed by atoms with Gasteiger partial charge in [0.1, 0.15) is 0 Å². The average molecular weight is 326 g/mol. The van der Waals surface area contributed by atoms with Crippen molar-refractivity contribution in [2.24, 2.45) is 0 Å². The van der Waals surface area contributed by atoms with E-state index in [1.165, 1.54) is 0 Å². The van der Waals surface area contributed by atoms with Crippen molar-refractivity contribution in [2.75, 3.05) is 5.32 Å². The predicted octanol–water partition coefficient (Wildman–Crippen LogP) is 2.62. The third-order valence-electron chi connectivity index (χ3n) is 1.15. The van der Waals surface area contributed by atoms with Crippen LogP contribution < -0.4 is 5.32 Å². The highest BCUT2D eigenvalue weighted by Crippen LogP contribution is 2.21. The summed E-state index contributed by atoms with van der Waals surface area (Å²) in [7, 11) is 0. The Morgan fingerprint density at radius 2 is 2.27 bits per heavy atom. The average Bonchev–Trinajstić information content (AvgIpc) is 1.95. The molecule has 0 saturated carbocycles. The fourth-order valence-electron chi connectivity index (χ4n) is 0.670. The van der Waals surface area contributed by atoms with Gasteiger partial charge < -0.3 is 5.32 Å². The second kappa shape index (κ2) is 4.06. The van der Waals surface area contributed by atoms with Gasteiger partial charge in [0.2, 0.25) is 6.41 Å². The van der Waals surface area contributed by atoms with Crippen LogP contribution in [-0.2, 0) is 4.79 Å². The zero-order valence-corrected chi connectivity index (χ0v) is 9.22. The van der Waals surface area contributed by atoms with Gasteiger partial charge in [-0.2, -0.15) is 0 Å². The van der Waals surface area contributed by atoms with Gasteiger partial charge >= 0.3 is 0 Å². The van der Waals surface area contributed by atoms with E-state index in [-0.39, 0.29) is 0 Å². The van der Waals surface area contributed by atoms with Crippen molar-refractivity contribution in [3.63, 3.8) is 0 Å². The Bertz CT molecular complexity index is 277. The van der Waals surface area contributed by atoms with Crippen molar-refractivity contribution in [1.29, 1.82) is 0 Å². The van der Waals surface area contributed by atoms with Crippen LogP contribution in [0.5, 0.6) is 0 Å². The quantitative estimate of drug-likeness (QED) is 0.657. The summed E-state index contributed by atoms with van der Waals surface area (Å²) >= 11 is 5.48. The smallest absolute Gasteiger partial charge is 0.211 e. The van der Waals surface area contributed by atoms with Gasteiger partial charge in [-0.25, -0.2) is 0 Å². The first-order valence-electron chi connectivity index (χ1n) is 2.89. The van der Waals surface area contributed by atoms with Gasteiger partial charge in [0.05, 0.1) is 5.69 Å². The molecular formula is C7H5BrINO. The molecule has 0 aliphatic carbocycles. The number of halogens is 2. The zero-order valence-electron chi connectivity index (χ0n) is 5.47. The molecule has 11 heavy (non-hydrogen) atoms. The van der Waals surface area contributed by atoms with Crippen LogP contribution >= 0.6 is 38.5 Å². The molecule has 0 bridgehead atoms. The van der Waals surface area contributed by atoms with E-state index < -0.39 is 0 Å². The largest absolute Gasteiger partial charge is 0.328 e. The molecule has 0 aromatic heterocycles. The number of rotatable bonds is 2. The highest BCUT2D eigenvalue weighted by atomic mass is 127. The van der Waals surface area contributed by atoms with Gasteiger partial charge in [0, 0.05) is 8.04 Å². The molecule has 0 fully saturated rings. The molecule has 0 heterocycles. The fourth-order valence-corrected chi connectivity index (χ4v) is 2.13. The molecule has 1 aromatic carbocycles. The molecule has 1 rings (SSSR count). The summed E-state index contributed by atoms with van der Waals surface area (Å²) in [5.41, 5.74) is 0.837. The van der Waals surface area contributed by atoms with Gasteiger partial charge in [-0.05, 0) is 40.8 Å². The van der Waals surface area contributed by atoms with Crippen molar-refractivity contribution in [2.45, 2.75) is 0 Å².